The van der Waals surface area contributed by atoms with E-state index in [1.54, 1.807) is 12.1 Å². The van der Waals surface area contributed by atoms with Gasteiger partial charge in [0.05, 0.1) is 0 Å². The number of esters is 2. The maximum atomic E-state index is 11.0. The SMILES string of the molecule is CC(=O)Oc1ccc(C(C)C)cc1OC(C)=O. The van der Waals surface area contributed by atoms with E-state index in [-0.39, 0.29) is 11.5 Å². The quantitative estimate of drug-likeness (QED) is 0.598. The van der Waals surface area contributed by atoms with Crippen LogP contribution in [-0.2, 0) is 9.59 Å². The van der Waals surface area contributed by atoms with Crippen LogP contribution in [0.2, 0.25) is 0 Å². The van der Waals surface area contributed by atoms with Crippen LogP contribution in [-0.4, -0.2) is 11.9 Å². The van der Waals surface area contributed by atoms with Crippen LogP contribution in [0, 0.1) is 0 Å². The van der Waals surface area contributed by atoms with Crippen LogP contribution in [0.1, 0.15) is 39.2 Å². The van der Waals surface area contributed by atoms with Crippen LogP contribution in [0.5, 0.6) is 11.5 Å². The second-order valence-corrected chi connectivity index (χ2v) is 4.05. The van der Waals surface area contributed by atoms with Crippen LogP contribution in [0.15, 0.2) is 18.2 Å². The Labute approximate surface area is 101 Å². The molecule has 4 heteroatoms. The van der Waals surface area contributed by atoms with E-state index in [2.05, 4.69) is 0 Å². The van der Waals surface area contributed by atoms with Crippen molar-refractivity contribution in [3.05, 3.63) is 23.8 Å². The van der Waals surface area contributed by atoms with Gasteiger partial charge in [0.2, 0.25) is 0 Å². The number of rotatable bonds is 3. The van der Waals surface area contributed by atoms with Crippen molar-refractivity contribution in [2.75, 3.05) is 0 Å². The molecule has 0 heterocycles. The van der Waals surface area contributed by atoms with Crippen molar-refractivity contribution in [1.82, 2.24) is 0 Å². The molecule has 0 fully saturated rings. The molecule has 0 atom stereocenters. The number of carbonyl (C=O) groups excluding carboxylic acids is 2. The van der Waals surface area contributed by atoms with Crippen LogP contribution < -0.4 is 9.47 Å². The van der Waals surface area contributed by atoms with Crippen molar-refractivity contribution in [2.24, 2.45) is 0 Å². The first kappa shape index (κ1) is 13.2. The van der Waals surface area contributed by atoms with Crippen molar-refractivity contribution >= 4 is 11.9 Å². The Morgan fingerprint density at radius 2 is 1.53 bits per heavy atom. The third kappa shape index (κ3) is 3.90. The van der Waals surface area contributed by atoms with Gasteiger partial charge in [-0.15, -0.1) is 0 Å². The summed E-state index contributed by atoms with van der Waals surface area (Å²) in [5, 5.41) is 0. The molecule has 1 aromatic carbocycles. The maximum absolute atomic E-state index is 11.0. The van der Waals surface area contributed by atoms with Crippen LogP contribution in [0.4, 0.5) is 0 Å². The van der Waals surface area contributed by atoms with E-state index in [9.17, 15) is 9.59 Å². The Morgan fingerprint density at radius 1 is 1.00 bits per heavy atom. The Bertz CT molecular complexity index is 435. The number of hydrogen-bond donors (Lipinski definition) is 0. The summed E-state index contributed by atoms with van der Waals surface area (Å²) < 4.78 is 9.99. The van der Waals surface area contributed by atoms with Gasteiger partial charge in [-0.2, -0.15) is 0 Å². The largest absolute Gasteiger partial charge is 0.423 e. The third-order valence-electron chi connectivity index (χ3n) is 2.14. The lowest BCUT2D eigenvalue weighted by molar-refractivity contribution is -0.134. The zero-order valence-corrected chi connectivity index (χ0v) is 10.4. The molecule has 0 aliphatic carbocycles. The number of carbonyl (C=O) groups is 2. The molecule has 1 aromatic rings. The molecule has 0 bridgehead atoms. The molecule has 0 unspecified atom stereocenters. The molecule has 0 saturated carbocycles. The number of hydrogen-bond acceptors (Lipinski definition) is 4. The molecular formula is C13H16O4. The fourth-order valence-electron chi connectivity index (χ4n) is 1.36. The lowest BCUT2D eigenvalue weighted by Gasteiger charge is -2.12. The van der Waals surface area contributed by atoms with E-state index < -0.39 is 11.9 Å². The summed E-state index contributed by atoms with van der Waals surface area (Å²) in [6.45, 7) is 6.66. The summed E-state index contributed by atoms with van der Waals surface area (Å²) in [7, 11) is 0. The molecule has 0 aliphatic rings. The summed E-state index contributed by atoms with van der Waals surface area (Å²) in [6.07, 6.45) is 0. The van der Waals surface area contributed by atoms with Gasteiger partial charge in [-0.25, -0.2) is 0 Å². The van der Waals surface area contributed by atoms with Gasteiger partial charge in [0.25, 0.3) is 0 Å². The van der Waals surface area contributed by atoms with Crippen molar-refractivity contribution < 1.29 is 19.1 Å². The molecule has 92 valence electrons. The summed E-state index contributed by atoms with van der Waals surface area (Å²) in [5.74, 6) is -0.0540. The first-order valence-corrected chi connectivity index (χ1v) is 5.41. The Hall–Kier alpha value is -1.84. The minimum absolute atomic E-state index is 0.261. The Morgan fingerprint density at radius 3 is 2.00 bits per heavy atom. The average molecular weight is 236 g/mol. The lowest BCUT2D eigenvalue weighted by atomic mass is 10.0. The summed E-state index contributed by atoms with van der Waals surface area (Å²) in [4.78, 5) is 21.9. The molecule has 0 N–H and O–H groups in total. The van der Waals surface area contributed by atoms with Gasteiger partial charge < -0.3 is 9.47 Å². The molecule has 0 amide bonds. The van der Waals surface area contributed by atoms with Gasteiger partial charge >= 0.3 is 11.9 Å². The summed E-state index contributed by atoms with van der Waals surface area (Å²) in [6, 6.07) is 5.19. The van der Waals surface area contributed by atoms with E-state index in [1.807, 2.05) is 19.9 Å². The predicted octanol–water partition coefficient (Wildman–Crippen LogP) is 2.66. The molecule has 4 nitrogen and oxygen atoms in total. The average Bonchev–Trinajstić information content (AvgIpc) is 2.18. The van der Waals surface area contributed by atoms with Gasteiger partial charge in [-0.05, 0) is 23.6 Å². The molecule has 1 rings (SSSR count). The standard InChI is InChI=1S/C13H16O4/c1-8(2)11-5-6-12(16-9(3)14)13(7-11)17-10(4)15/h5-8H,1-4H3. The van der Waals surface area contributed by atoms with E-state index in [4.69, 9.17) is 9.47 Å². The smallest absolute Gasteiger partial charge is 0.308 e. The minimum Gasteiger partial charge on any atom is -0.423 e. The van der Waals surface area contributed by atoms with Gasteiger partial charge in [0.15, 0.2) is 11.5 Å². The second-order valence-electron chi connectivity index (χ2n) is 4.05. The zero-order chi connectivity index (χ0) is 13.0. The Kier molecular flexibility index (Phi) is 4.26. The molecule has 0 saturated heterocycles. The number of ether oxygens (including phenoxy) is 2. The molecular weight excluding hydrogens is 220 g/mol. The van der Waals surface area contributed by atoms with E-state index >= 15 is 0 Å². The van der Waals surface area contributed by atoms with Gasteiger partial charge in [-0.1, -0.05) is 19.9 Å². The first-order valence-electron chi connectivity index (χ1n) is 5.41. The van der Waals surface area contributed by atoms with Crippen LogP contribution in [0.25, 0.3) is 0 Å². The number of benzene rings is 1. The minimum atomic E-state index is -0.448. The predicted molar refractivity (Wildman–Crippen MR) is 63.1 cm³/mol. The van der Waals surface area contributed by atoms with Gasteiger partial charge in [0.1, 0.15) is 0 Å². The molecule has 0 aliphatic heterocycles. The van der Waals surface area contributed by atoms with E-state index in [1.165, 1.54) is 13.8 Å². The van der Waals surface area contributed by atoms with E-state index in [0.29, 0.717) is 5.92 Å². The summed E-state index contributed by atoms with van der Waals surface area (Å²) >= 11 is 0. The van der Waals surface area contributed by atoms with Gasteiger partial charge in [0, 0.05) is 13.8 Å². The lowest BCUT2D eigenvalue weighted by Crippen LogP contribution is -2.07. The topological polar surface area (TPSA) is 52.6 Å². The zero-order valence-electron chi connectivity index (χ0n) is 10.4. The van der Waals surface area contributed by atoms with Crippen molar-refractivity contribution in [2.45, 2.75) is 33.6 Å². The fourth-order valence-corrected chi connectivity index (χ4v) is 1.36. The monoisotopic (exact) mass is 236 g/mol. The highest BCUT2D eigenvalue weighted by Crippen LogP contribution is 2.31. The van der Waals surface area contributed by atoms with Crippen molar-refractivity contribution in [3.8, 4) is 11.5 Å². The van der Waals surface area contributed by atoms with Gasteiger partial charge in [-0.3, -0.25) is 9.59 Å². The molecule has 0 radical (unpaired) electrons. The maximum Gasteiger partial charge on any atom is 0.308 e. The highest BCUT2D eigenvalue weighted by atomic mass is 16.6. The highest BCUT2D eigenvalue weighted by molar-refractivity contribution is 5.73. The molecule has 0 aromatic heterocycles. The van der Waals surface area contributed by atoms with E-state index in [0.717, 1.165) is 5.56 Å². The molecule has 17 heavy (non-hydrogen) atoms. The van der Waals surface area contributed by atoms with Crippen LogP contribution in [0.3, 0.4) is 0 Å². The fraction of sp³-hybridized carbons (Fsp3) is 0.385. The van der Waals surface area contributed by atoms with Crippen molar-refractivity contribution in [3.63, 3.8) is 0 Å². The first-order chi connectivity index (χ1) is 7.90. The second kappa shape index (κ2) is 5.48. The normalized spacial score (nSPS) is 10.2. The van der Waals surface area contributed by atoms with Crippen molar-refractivity contribution in [1.29, 1.82) is 0 Å². The third-order valence-corrected chi connectivity index (χ3v) is 2.14. The Balaban J connectivity index is 3.11. The molecule has 0 spiro atoms. The highest BCUT2D eigenvalue weighted by Gasteiger charge is 2.12. The summed E-state index contributed by atoms with van der Waals surface area (Å²) in [5.41, 5.74) is 1.01. The van der Waals surface area contributed by atoms with Crippen LogP contribution >= 0.6 is 0 Å².